The van der Waals surface area contributed by atoms with E-state index in [1.54, 1.807) is 0 Å². The van der Waals surface area contributed by atoms with Crippen LogP contribution in [0.3, 0.4) is 0 Å². The van der Waals surface area contributed by atoms with Crippen molar-refractivity contribution in [1.82, 2.24) is 0 Å². The van der Waals surface area contributed by atoms with E-state index in [0.29, 0.717) is 0 Å². The molecule has 0 atom stereocenters. The third-order valence-corrected chi connectivity index (χ3v) is 1.15. The van der Waals surface area contributed by atoms with Gasteiger partial charge in [0, 0.05) is 6.42 Å². The van der Waals surface area contributed by atoms with Gasteiger partial charge in [-0.2, -0.15) is 0 Å². The number of rotatable bonds is 3. The van der Waals surface area contributed by atoms with Crippen molar-refractivity contribution in [2.24, 2.45) is 0 Å². The molecule has 0 saturated carbocycles. The first-order chi connectivity index (χ1) is 4.16. The summed E-state index contributed by atoms with van der Waals surface area (Å²) >= 11 is -0.103. The van der Waals surface area contributed by atoms with Crippen LogP contribution >= 0.6 is 0 Å². The fourth-order valence-corrected chi connectivity index (χ4v) is 0.493. The van der Waals surface area contributed by atoms with Crippen LogP contribution in [0.2, 0.25) is 0 Å². The second kappa shape index (κ2) is 4.20. The standard InChI is InChI=1S/C4H7NO3S/c5-9-4(8)2-1-3(6)7/h5,9H,1-2H2,(H,6,7). The number of carbonyl (C=O) groups excluding carboxylic acids is 1. The first-order valence-corrected chi connectivity index (χ1v) is 3.18. The summed E-state index contributed by atoms with van der Waals surface area (Å²) in [7, 11) is 0. The van der Waals surface area contributed by atoms with Crippen LogP contribution in [0.5, 0.6) is 0 Å². The van der Waals surface area contributed by atoms with E-state index in [9.17, 15) is 9.59 Å². The number of thiol groups is 1. The molecule has 0 radical (unpaired) electrons. The molecule has 2 N–H and O–H groups in total. The van der Waals surface area contributed by atoms with E-state index in [2.05, 4.69) is 0 Å². The first-order valence-electron chi connectivity index (χ1n) is 2.29. The Hall–Kier alpha value is -0.710. The van der Waals surface area contributed by atoms with Crippen molar-refractivity contribution in [3.05, 3.63) is 0 Å². The van der Waals surface area contributed by atoms with Gasteiger partial charge in [0.15, 0.2) is 5.12 Å². The van der Waals surface area contributed by atoms with Crippen LogP contribution in [-0.2, 0) is 21.1 Å². The van der Waals surface area contributed by atoms with Gasteiger partial charge < -0.3 is 5.11 Å². The average Bonchev–Trinajstić information content (AvgIpc) is 1.83. The molecular weight excluding hydrogens is 142 g/mol. The summed E-state index contributed by atoms with van der Waals surface area (Å²) in [6, 6.07) is 0. The number of nitrogens with one attached hydrogen (secondary N) is 1. The van der Waals surface area contributed by atoms with Gasteiger partial charge in [-0.05, 0) is 0 Å². The zero-order chi connectivity index (χ0) is 7.28. The topological polar surface area (TPSA) is 78.2 Å². The maximum Gasteiger partial charge on any atom is 0.303 e. The number of carbonyl (C=O) groups is 2. The second-order valence-electron chi connectivity index (χ2n) is 1.40. The molecule has 0 heterocycles. The van der Waals surface area contributed by atoms with Gasteiger partial charge >= 0.3 is 5.97 Å². The Kier molecular flexibility index (Phi) is 3.87. The Bertz CT molecular complexity index is 145. The molecule has 0 rings (SSSR count). The van der Waals surface area contributed by atoms with Crippen LogP contribution < -0.4 is 0 Å². The molecule has 0 saturated heterocycles. The number of carboxylic acid groups (broad SMARTS) is 1. The van der Waals surface area contributed by atoms with Crippen LogP contribution in [0.1, 0.15) is 12.8 Å². The maximum atomic E-state index is 10.3. The van der Waals surface area contributed by atoms with E-state index in [1.807, 2.05) is 0 Å². The van der Waals surface area contributed by atoms with Gasteiger partial charge in [0.2, 0.25) is 0 Å². The third kappa shape index (κ3) is 5.16. The van der Waals surface area contributed by atoms with Crippen molar-refractivity contribution in [3.63, 3.8) is 0 Å². The molecule has 4 nitrogen and oxygen atoms in total. The van der Waals surface area contributed by atoms with E-state index < -0.39 is 5.97 Å². The van der Waals surface area contributed by atoms with Crippen molar-refractivity contribution < 1.29 is 14.7 Å². The minimum atomic E-state index is -0.994. The Labute approximate surface area is 55.8 Å². The first kappa shape index (κ1) is 8.29. The Morgan fingerprint density at radius 2 is 2.00 bits per heavy atom. The highest BCUT2D eigenvalue weighted by molar-refractivity contribution is 7.84. The molecule has 5 heteroatoms. The lowest BCUT2D eigenvalue weighted by atomic mass is 10.3. The fraction of sp³-hybridized carbons (Fsp3) is 0.500. The second-order valence-corrected chi connectivity index (χ2v) is 2.12. The molecule has 9 heavy (non-hydrogen) atoms. The summed E-state index contributed by atoms with van der Waals surface area (Å²) in [4.78, 5) is 20.1. The summed E-state index contributed by atoms with van der Waals surface area (Å²) in [5.74, 6) is -0.994. The molecule has 0 spiro atoms. The predicted octanol–water partition coefficient (Wildman–Crippen LogP) is -0.0449. The van der Waals surface area contributed by atoms with Crippen molar-refractivity contribution in [1.29, 1.82) is 4.78 Å². The lowest BCUT2D eigenvalue weighted by molar-refractivity contribution is -0.137. The summed E-state index contributed by atoms with van der Waals surface area (Å²) < 4.78 is 6.48. The van der Waals surface area contributed by atoms with Crippen LogP contribution in [-0.4, -0.2) is 16.2 Å². The summed E-state index contributed by atoms with van der Waals surface area (Å²) in [6.45, 7) is 0. The normalized spacial score (nSPS) is 8.89. The fourth-order valence-electron chi connectivity index (χ4n) is 0.270. The summed E-state index contributed by atoms with van der Waals surface area (Å²) in [5.41, 5.74) is 0. The van der Waals surface area contributed by atoms with Gasteiger partial charge in [-0.3, -0.25) is 14.4 Å². The number of aliphatic carboxylic acids is 1. The number of hydrogen-bond acceptors (Lipinski definition) is 3. The van der Waals surface area contributed by atoms with Crippen molar-refractivity contribution >= 4 is 22.6 Å². The molecule has 0 aromatic rings. The van der Waals surface area contributed by atoms with Gasteiger partial charge in [0.25, 0.3) is 0 Å². The van der Waals surface area contributed by atoms with Gasteiger partial charge in [-0.15, -0.1) is 0 Å². The quantitative estimate of drug-likeness (QED) is 0.492. The highest BCUT2D eigenvalue weighted by Crippen LogP contribution is 1.88. The third-order valence-electron chi connectivity index (χ3n) is 0.677. The van der Waals surface area contributed by atoms with Crippen molar-refractivity contribution in [3.8, 4) is 0 Å². The van der Waals surface area contributed by atoms with Crippen molar-refractivity contribution in [2.45, 2.75) is 12.8 Å². The summed E-state index contributed by atoms with van der Waals surface area (Å²) in [6.07, 6.45) is -0.189. The molecule has 0 aromatic heterocycles. The zero-order valence-electron chi connectivity index (χ0n) is 4.63. The van der Waals surface area contributed by atoms with Crippen molar-refractivity contribution in [2.75, 3.05) is 0 Å². The Morgan fingerprint density at radius 1 is 1.44 bits per heavy atom. The molecule has 0 aromatic carbocycles. The molecule has 0 aliphatic rings. The molecule has 0 unspecified atom stereocenters. The number of carboxylic acids is 1. The van der Waals surface area contributed by atoms with E-state index >= 15 is 0 Å². The Morgan fingerprint density at radius 3 is 2.33 bits per heavy atom. The lowest BCUT2D eigenvalue weighted by Gasteiger charge is -1.86. The van der Waals surface area contributed by atoms with Gasteiger partial charge in [0.1, 0.15) is 0 Å². The van der Waals surface area contributed by atoms with Crippen LogP contribution in [0, 0.1) is 4.78 Å². The van der Waals surface area contributed by atoms with Gasteiger partial charge in [-0.25, -0.2) is 0 Å². The van der Waals surface area contributed by atoms with Crippen LogP contribution in [0.4, 0.5) is 0 Å². The van der Waals surface area contributed by atoms with Crippen LogP contribution in [0.25, 0.3) is 0 Å². The number of hydrogen-bond donors (Lipinski definition) is 3. The largest absolute Gasteiger partial charge is 0.481 e. The molecule has 52 valence electrons. The smallest absolute Gasteiger partial charge is 0.303 e. The predicted molar refractivity (Wildman–Crippen MR) is 33.4 cm³/mol. The SMILES string of the molecule is N=[SH]C(=O)CCC(=O)O. The minimum absolute atomic E-state index is 0.0274. The Balaban J connectivity index is 3.39. The van der Waals surface area contributed by atoms with E-state index in [1.165, 1.54) is 0 Å². The lowest BCUT2D eigenvalue weighted by Crippen LogP contribution is -2.00. The molecular formula is C4H7NO3S. The zero-order valence-corrected chi connectivity index (χ0v) is 5.52. The highest BCUT2D eigenvalue weighted by atomic mass is 32.1. The minimum Gasteiger partial charge on any atom is -0.481 e. The molecule has 0 aliphatic heterocycles. The molecule has 0 bridgehead atoms. The molecule has 0 fully saturated rings. The van der Waals surface area contributed by atoms with Crippen LogP contribution in [0.15, 0.2) is 0 Å². The summed E-state index contributed by atoms with van der Waals surface area (Å²) in [5, 5.41) is 7.69. The monoisotopic (exact) mass is 149 g/mol. The van der Waals surface area contributed by atoms with E-state index in [0.717, 1.165) is 0 Å². The average molecular weight is 149 g/mol. The maximum absolute atomic E-state index is 10.3. The molecule has 0 amide bonds. The van der Waals surface area contributed by atoms with Gasteiger partial charge in [0.05, 0.1) is 6.42 Å². The van der Waals surface area contributed by atoms with E-state index in [4.69, 9.17) is 9.89 Å². The highest BCUT2D eigenvalue weighted by Gasteiger charge is 2.00. The van der Waals surface area contributed by atoms with E-state index in [-0.39, 0.29) is 29.5 Å². The van der Waals surface area contributed by atoms with Gasteiger partial charge in [-0.1, -0.05) is 11.6 Å². The molecule has 0 aliphatic carbocycles.